The largest absolute Gasteiger partial charge is 0.411 e. The second kappa shape index (κ2) is 8.63. The fourth-order valence-corrected chi connectivity index (χ4v) is 1.21. The minimum absolute atomic E-state index is 0.407. The van der Waals surface area contributed by atoms with E-state index in [2.05, 4.69) is 20.5 Å². The predicted molar refractivity (Wildman–Crippen MR) is 85.5 cm³/mol. The lowest BCUT2D eigenvalue weighted by molar-refractivity contribution is 0.131. The van der Waals surface area contributed by atoms with Crippen molar-refractivity contribution in [2.24, 2.45) is 20.5 Å². The van der Waals surface area contributed by atoms with Crippen LogP contribution in [0.25, 0.3) is 0 Å². The van der Waals surface area contributed by atoms with Gasteiger partial charge >= 0.3 is 0 Å². The molecule has 0 spiro atoms. The van der Waals surface area contributed by atoms with Gasteiger partial charge in [0, 0.05) is 0 Å². The van der Waals surface area contributed by atoms with Crippen molar-refractivity contribution in [3.63, 3.8) is 0 Å². The first-order chi connectivity index (χ1) is 10.0. The van der Waals surface area contributed by atoms with E-state index in [9.17, 15) is 0 Å². The van der Waals surface area contributed by atoms with E-state index in [4.69, 9.17) is 10.0 Å². The summed E-state index contributed by atoms with van der Waals surface area (Å²) in [5.41, 5.74) is 3.28. The molecule has 6 nitrogen and oxygen atoms in total. The molecule has 0 atom stereocenters. The van der Waals surface area contributed by atoms with Crippen molar-refractivity contribution in [3.05, 3.63) is 35.9 Å². The highest BCUT2D eigenvalue weighted by atomic mass is 16.6. The van der Waals surface area contributed by atoms with E-state index >= 15 is 0 Å². The molecule has 1 aromatic carbocycles. The Morgan fingerprint density at radius 2 is 1.48 bits per heavy atom. The van der Waals surface area contributed by atoms with Crippen molar-refractivity contribution in [2.45, 2.75) is 34.3 Å². The van der Waals surface area contributed by atoms with E-state index in [0.29, 0.717) is 29.5 Å². The molecule has 1 N–H and O–H groups in total. The molecule has 1 aromatic rings. The molecule has 0 amide bonds. The number of rotatable bonds is 6. The summed E-state index contributed by atoms with van der Waals surface area (Å²) in [5, 5.41) is 23.7. The number of nitrogens with zero attached hydrogens (tertiary/aromatic N) is 4. The average molecular weight is 288 g/mol. The molecule has 0 unspecified atom stereocenters. The second-order valence-corrected chi connectivity index (χ2v) is 4.49. The molecule has 0 saturated heterocycles. The monoisotopic (exact) mass is 288 g/mol. The molecule has 6 heteroatoms. The van der Waals surface area contributed by atoms with Gasteiger partial charge in [-0.15, -0.1) is 0 Å². The van der Waals surface area contributed by atoms with Crippen molar-refractivity contribution >= 4 is 22.8 Å². The minimum atomic E-state index is 0.407. The Kier molecular flexibility index (Phi) is 6.80. The number of hydrogen-bond acceptors (Lipinski definition) is 6. The Bertz CT molecular complexity index is 575. The van der Waals surface area contributed by atoms with E-state index in [-0.39, 0.29) is 0 Å². The summed E-state index contributed by atoms with van der Waals surface area (Å²) in [5.74, 6) is 0. The van der Waals surface area contributed by atoms with Crippen LogP contribution < -0.4 is 0 Å². The highest BCUT2D eigenvalue weighted by molar-refractivity contribution is 6.42. The number of benzene rings is 1. The summed E-state index contributed by atoms with van der Waals surface area (Å²) in [6.45, 7) is 7.34. The van der Waals surface area contributed by atoms with Gasteiger partial charge in [-0.3, -0.25) is 0 Å². The van der Waals surface area contributed by atoms with Crippen LogP contribution in [0.15, 0.2) is 50.8 Å². The first-order valence-electron chi connectivity index (χ1n) is 6.53. The molecule has 112 valence electrons. The van der Waals surface area contributed by atoms with Gasteiger partial charge in [0.2, 0.25) is 0 Å². The Balaban J connectivity index is 2.61. The fourth-order valence-electron chi connectivity index (χ4n) is 1.21. The predicted octanol–water partition coefficient (Wildman–Crippen LogP) is 3.27. The Labute approximate surface area is 124 Å². The van der Waals surface area contributed by atoms with Crippen molar-refractivity contribution in [3.8, 4) is 0 Å². The summed E-state index contributed by atoms with van der Waals surface area (Å²) in [7, 11) is 0. The average Bonchev–Trinajstić information content (AvgIpc) is 2.52. The normalized spacial score (nSPS) is 14.3. The molecule has 21 heavy (non-hydrogen) atoms. The Morgan fingerprint density at radius 3 is 2.05 bits per heavy atom. The van der Waals surface area contributed by atoms with E-state index in [0.717, 1.165) is 5.56 Å². The van der Waals surface area contributed by atoms with Crippen molar-refractivity contribution in [1.29, 1.82) is 0 Å². The summed E-state index contributed by atoms with van der Waals surface area (Å²) in [4.78, 5) is 5.27. The molecule has 0 bridgehead atoms. The van der Waals surface area contributed by atoms with Crippen LogP contribution in [0.5, 0.6) is 0 Å². The van der Waals surface area contributed by atoms with E-state index in [1.54, 1.807) is 27.7 Å². The summed E-state index contributed by atoms with van der Waals surface area (Å²) in [6.07, 6.45) is 0. The van der Waals surface area contributed by atoms with Crippen LogP contribution in [0, 0.1) is 0 Å². The van der Waals surface area contributed by atoms with Gasteiger partial charge in [-0.25, -0.2) is 0 Å². The highest BCUT2D eigenvalue weighted by Crippen LogP contribution is 2.01. The quantitative estimate of drug-likeness (QED) is 0.495. The van der Waals surface area contributed by atoms with Gasteiger partial charge in [0.25, 0.3) is 0 Å². The molecular weight excluding hydrogens is 268 g/mol. The lowest BCUT2D eigenvalue weighted by atomic mass is 10.2. The summed E-state index contributed by atoms with van der Waals surface area (Å²) in [6, 6.07) is 9.79. The number of oxime groups is 2. The zero-order valence-electron chi connectivity index (χ0n) is 12.7. The lowest BCUT2D eigenvalue weighted by Gasteiger charge is -2.01. The van der Waals surface area contributed by atoms with Crippen LogP contribution in [0.3, 0.4) is 0 Å². The first-order valence-corrected chi connectivity index (χ1v) is 6.53. The standard InChI is InChI=1S/C15H20N4O2/c1-11(13(3)18-20)16-17-12(2)14(4)19-21-10-15-8-6-5-7-9-15/h5-9,20H,10H2,1-4H3/b16-11-,17-12-,18-13-,19-14-. The zero-order chi connectivity index (χ0) is 15.7. The van der Waals surface area contributed by atoms with Gasteiger partial charge in [-0.05, 0) is 33.3 Å². The van der Waals surface area contributed by atoms with Crippen LogP contribution >= 0.6 is 0 Å². The zero-order valence-corrected chi connectivity index (χ0v) is 12.7. The molecule has 1 rings (SSSR count). The molecule has 0 saturated carbocycles. The van der Waals surface area contributed by atoms with Crippen molar-refractivity contribution in [1.82, 2.24) is 0 Å². The smallest absolute Gasteiger partial charge is 0.142 e. The minimum Gasteiger partial charge on any atom is -0.411 e. The van der Waals surface area contributed by atoms with E-state index in [1.807, 2.05) is 30.3 Å². The molecule has 0 aliphatic carbocycles. The van der Waals surface area contributed by atoms with Crippen LogP contribution in [-0.4, -0.2) is 28.1 Å². The third-order valence-electron chi connectivity index (χ3n) is 2.82. The van der Waals surface area contributed by atoms with Gasteiger partial charge in [0.1, 0.15) is 6.61 Å². The molecule has 0 aliphatic heterocycles. The van der Waals surface area contributed by atoms with Crippen molar-refractivity contribution in [2.75, 3.05) is 0 Å². The maximum absolute atomic E-state index is 8.62. The summed E-state index contributed by atoms with van der Waals surface area (Å²) < 4.78 is 0. The Morgan fingerprint density at radius 1 is 0.905 bits per heavy atom. The van der Waals surface area contributed by atoms with Crippen LogP contribution in [-0.2, 0) is 11.4 Å². The van der Waals surface area contributed by atoms with E-state index < -0.39 is 0 Å². The van der Waals surface area contributed by atoms with Crippen LogP contribution in [0.2, 0.25) is 0 Å². The maximum Gasteiger partial charge on any atom is 0.142 e. The molecule has 0 aromatic heterocycles. The van der Waals surface area contributed by atoms with Gasteiger partial charge in [-0.2, -0.15) is 10.2 Å². The van der Waals surface area contributed by atoms with Crippen LogP contribution in [0.1, 0.15) is 33.3 Å². The Hall–Kier alpha value is -2.50. The third kappa shape index (κ3) is 5.99. The van der Waals surface area contributed by atoms with Gasteiger partial charge in [0.05, 0.1) is 22.8 Å². The second-order valence-electron chi connectivity index (χ2n) is 4.49. The van der Waals surface area contributed by atoms with Gasteiger partial charge in [-0.1, -0.05) is 40.6 Å². The maximum atomic E-state index is 8.62. The molecule has 0 aliphatic rings. The first kappa shape index (κ1) is 16.6. The van der Waals surface area contributed by atoms with E-state index in [1.165, 1.54) is 0 Å². The molecule has 0 radical (unpaired) electrons. The van der Waals surface area contributed by atoms with Gasteiger partial charge < -0.3 is 10.0 Å². The molecule has 0 fully saturated rings. The SMILES string of the molecule is CC(=N/O)/C(C)=N\N=C(C)/C(C)=N\OCc1ccccc1. The third-order valence-corrected chi connectivity index (χ3v) is 2.82. The van der Waals surface area contributed by atoms with Crippen LogP contribution in [0.4, 0.5) is 0 Å². The fraction of sp³-hybridized carbons (Fsp3) is 0.333. The topological polar surface area (TPSA) is 78.9 Å². The molecular formula is C15H20N4O2. The van der Waals surface area contributed by atoms with Gasteiger partial charge in [0.15, 0.2) is 0 Å². The number of hydrogen-bond donors (Lipinski definition) is 1. The lowest BCUT2D eigenvalue weighted by Crippen LogP contribution is -2.08. The summed E-state index contributed by atoms with van der Waals surface area (Å²) >= 11 is 0. The van der Waals surface area contributed by atoms with Crippen molar-refractivity contribution < 1.29 is 10.0 Å². The highest BCUT2D eigenvalue weighted by Gasteiger charge is 2.00. The molecule has 0 heterocycles.